The molecule has 0 atom stereocenters. The van der Waals surface area contributed by atoms with Gasteiger partial charge in [0.05, 0.1) is 16.5 Å². The van der Waals surface area contributed by atoms with E-state index >= 15 is 0 Å². The molecule has 9 heteroatoms. The number of benzene rings is 3. The van der Waals surface area contributed by atoms with Crippen LogP contribution in [0.3, 0.4) is 0 Å². The van der Waals surface area contributed by atoms with Crippen molar-refractivity contribution in [2.75, 3.05) is 0 Å². The minimum atomic E-state index is -4.15. The first-order valence-corrected chi connectivity index (χ1v) is 14.6. The zero-order valence-corrected chi connectivity index (χ0v) is 21.9. The average molecular weight is 516 g/mol. The summed E-state index contributed by atoms with van der Waals surface area (Å²) in [4.78, 5) is 0.627. The molecule has 0 saturated heterocycles. The Hall–Kier alpha value is -2.80. The van der Waals surface area contributed by atoms with Gasteiger partial charge in [0.15, 0.2) is 0 Å². The quantitative estimate of drug-likeness (QED) is 0.305. The molecule has 6 nitrogen and oxygen atoms in total. The first-order valence-electron chi connectivity index (χ1n) is 10.3. The Morgan fingerprint density at radius 2 is 1.41 bits per heavy atom. The molecule has 0 aromatic heterocycles. The topological polar surface area (TPSA) is 101 Å². The highest BCUT2D eigenvalue weighted by Crippen LogP contribution is 2.41. The van der Waals surface area contributed by atoms with E-state index in [1.165, 1.54) is 24.3 Å². The molecule has 0 fully saturated rings. The average Bonchev–Trinajstić information content (AvgIpc) is 2.74. The summed E-state index contributed by atoms with van der Waals surface area (Å²) in [5.74, 6) is 0.117. The lowest BCUT2D eigenvalue weighted by atomic mass is 9.86. The first-order chi connectivity index (χ1) is 15.7. The minimum absolute atomic E-state index is 0.0800. The van der Waals surface area contributed by atoms with E-state index in [2.05, 4.69) is 0 Å². The van der Waals surface area contributed by atoms with Crippen molar-refractivity contribution in [2.24, 2.45) is 0 Å². The van der Waals surface area contributed by atoms with Gasteiger partial charge in [-0.1, -0.05) is 38.5 Å². The molecule has 0 amide bonds. The predicted molar refractivity (Wildman–Crippen MR) is 133 cm³/mol. The predicted octanol–water partition coefficient (Wildman–Crippen LogP) is 5.72. The highest BCUT2D eigenvalue weighted by molar-refractivity contribution is 8.72. The molecule has 34 heavy (non-hydrogen) atoms. The van der Waals surface area contributed by atoms with Crippen LogP contribution in [0.25, 0.3) is 0 Å². The second-order valence-electron chi connectivity index (χ2n) is 8.89. The number of hydrogen-bond donors (Lipinski definition) is 0. The molecule has 0 spiro atoms. The van der Waals surface area contributed by atoms with E-state index in [1.54, 1.807) is 43.3 Å². The van der Waals surface area contributed by atoms with Gasteiger partial charge in [-0.3, -0.25) is 0 Å². The molecule has 0 aliphatic heterocycles. The molecule has 0 radical (unpaired) electrons. The summed E-state index contributed by atoms with van der Waals surface area (Å²) in [6, 6.07) is 17.2. The van der Waals surface area contributed by atoms with Crippen LogP contribution in [0.4, 0.5) is 0 Å². The molecule has 0 heterocycles. The zero-order valence-electron chi connectivity index (χ0n) is 19.5. The molecule has 178 valence electrons. The van der Waals surface area contributed by atoms with E-state index in [1.807, 2.05) is 33.8 Å². The molecule has 0 saturated carbocycles. The number of nitriles is 1. The van der Waals surface area contributed by atoms with E-state index in [-0.39, 0.29) is 15.5 Å². The van der Waals surface area contributed by atoms with Gasteiger partial charge < -0.3 is 4.18 Å². The summed E-state index contributed by atoms with van der Waals surface area (Å²) in [5.41, 5.74) is 1.92. The molecule has 0 unspecified atom stereocenters. The molecule has 0 N–H and O–H groups in total. The SMILES string of the molecule is Cc1ccc(S(=O)(=O)Sc2cc(C)c(OS(=O)(=O)c3ccc(C#N)cc3)cc2C(C)(C)C)cc1. The van der Waals surface area contributed by atoms with E-state index in [9.17, 15) is 16.8 Å². The molecular weight excluding hydrogens is 490 g/mol. The minimum Gasteiger partial charge on any atom is -0.379 e. The lowest BCUT2D eigenvalue weighted by molar-refractivity contribution is 0.481. The highest BCUT2D eigenvalue weighted by atomic mass is 33.1. The summed E-state index contributed by atoms with van der Waals surface area (Å²) in [5, 5.41) is 8.93. The van der Waals surface area contributed by atoms with Gasteiger partial charge in [-0.2, -0.15) is 13.7 Å². The third kappa shape index (κ3) is 5.81. The van der Waals surface area contributed by atoms with Gasteiger partial charge in [0.1, 0.15) is 10.6 Å². The van der Waals surface area contributed by atoms with Crippen molar-refractivity contribution >= 4 is 29.8 Å². The molecule has 0 aliphatic carbocycles. The highest BCUT2D eigenvalue weighted by Gasteiger charge is 2.27. The van der Waals surface area contributed by atoms with Crippen molar-refractivity contribution < 1.29 is 21.0 Å². The summed E-state index contributed by atoms with van der Waals surface area (Å²) in [6.07, 6.45) is 0. The van der Waals surface area contributed by atoms with Crippen LogP contribution >= 0.6 is 10.8 Å². The van der Waals surface area contributed by atoms with Gasteiger partial charge in [0.2, 0.25) is 8.87 Å². The Morgan fingerprint density at radius 1 is 0.853 bits per heavy atom. The van der Waals surface area contributed by atoms with Crippen LogP contribution in [-0.4, -0.2) is 16.8 Å². The van der Waals surface area contributed by atoms with E-state index < -0.39 is 24.4 Å². The largest absolute Gasteiger partial charge is 0.379 e. The van der Waals surface area contributed by atoms with Gasteiger partial charge in [-0.25, -0.2) is 8.42 Å². The van der Waals surface area contributed by atoms with Crippen LogP contribution in [-0.2, 0) is 24.4 Å². The number of rotatable bonds is 6. The maximum absolute atomic E-state index is 13.1. The first kappa shape index (κ1) is 25.8. The molecule has 0 bridgehead atoms. The van der Waals surface area contributed by atoms with Gasteiger partial charge in [0, 0.05) is 15.7 Å². The van der Waals surface area contributed by atoms with Crippen LogP contribution < -0.4 is 4.18 Å². The number of hydrogen-bond acceptors (Lipinski definition) is 7. The molecule has 3 aromatic carbocycles. The van der Waals surface area contributed by atoms with E-state index in [0.717, 1.165) is 16.4 Å². The summed E-state index contributed by atoms with van der Waals surface area (Å²) in [6.45, 7) is 9.30. The van der Waals surface area contributed by atoms with Gasteiger partial charge in [-0.05, 0) is 78.9 Å². The zero-order chi connectivity index (χ0) is 25.3. The fourth-order valence-corrected chi connectivity index (χ4v) is 7.35. The van der Waals surface area contributed by atoms with Gasteiger partial charge >= 0.3 is 10.1 Å². The number of aryl methyl sites for hydroxylation is 2. The second kappa shape index (κ2) is 9.45. The Bertz CT molecular complexity index is 1460. The van der Waals surface area contributed by atoms with Crippen molar-refractivity contribution in [1.82, 2.24) is 0 Å². The fraction of sp³-hybridized carbons (Fsp3) is 0.240. The Morgan fingerprint density at radius 3 is 1.94 bits per heavy atom. The lowest BCUT2D eigenvalue weighted by Crippen LogP contribution is -2.16. The van der Waals surface area contributed by atoms with Crippen LogP contribution in [0.15, 0.2) is 75.4 Å². The molecule has 3 rings (SSSR count). The lowest BCUT2D eigenvalue weighted by Gasteiger charge is -2.24. The Labute approximate surface area is 205 Å². The van der Waals surface area contributed by atoms with Crippen molar-refractivity contribution in [3.05, 3.63) is 82.9 Å². The summed E-state index contributed by atoms with van der Waals surface area (Å²) >= 11 is 0. The normalized spacial score (nSPS) is 12.2. The van der Waals surface area contributed by atoms with Crippen LogP contribution in [0, 0.1) is 25.2 Å². The molecule has 3 aromatic rings. The maximum Gasteiger partial charge on any atom is 0.339 e. The Kier molecular flexibility index (Phi) is 7.18. The Balaban J connectivity index is 2.02. The van der Waals surface area contributed by atoms with Crippen molar-refractivity contribution in [3.8, 4) is 11.8 Å². The van der Waals surface area contributed by atoms with Gasteiger partial charge in [0.25, 0.3) is 0 Å². The fourth-order valence-electron chi connectivity index (χ4n) is 3.14. The monoisotopic (exact) mass is 515 g/mol. The van der Waals surface area contributed by atoms with Crippen LogP contribution in [0.2, 0.25) is 0 Å². The van der Waals surface area contributed by atoms with Crippen molar-refractivity contribution in [2.45, 2.75) is 54.7 Å². The van der Waals surface area contributed by atoms with E-state index in [4.69, 9.17) is 9.44 Å². The standard InChI is InChI=1S/C25H25NO5S3/c1-17-6-10-21(11-7-17)34(29,30)32-24-14-18(2)23(15-22(24)25(3,4)5)31-33(27,28)20-12-8-19(16-26)9-13-20/h6-15H,1-5H3. The summed E-state index contributed by atoms with van der Waals surface area (Å²) in [7, 11) is -7.11. The van der Waals surface area contributed by atoms with Crippen molar-refractivity contribution in [3.63, 3.8) is 0 Å². The maximum atomic E-state index is 13.1. The van der Waals surface area contributed by atoms with Crippen LogP contribution in [0.5, 0.6) is 5.75 Å². The molecule has 0 aliphatic rings. The molecular formula is C25H25NO5S3. The summed E-state index contributed by atoms with van der Waals surface area (Å²) < 4.78 is 57.2. The smallest absolute Gasteiger partial charge is 0.339 e. The number of nitrogens with zero attached hydrogens (tertiary/aromatic N) is 1. The van der Waals surface area contributed by atoms with Crippen molar-refractivity contribution in [1.29, 1.82) is 5.26 Å². The second-order valence-corrected chi connectivity index (χ2v) is 14.2. The third-order valence-corrected chi connectivity index (χ3v) is 9.67. The van der Waals surface area contributed by atoms with E-state index in [0.29, 0.717) is 21.6 Å². The van der Waals surface area contributed by atoms with Crippen LogP contribution in [0.1, 0.15) is 43.0 Å². The van der Waals surface area contributed by atoms with Gasteiger partial charge in [-0.15, -0.1) is 0 Å². The third-order valence-electron chi connectivity index (χ3n) is 5.07.